The molecule has 1 aromatic rings. The first-order valence-electron chi connectivity index (χ1n) is 4.10. The van der Waals surface area contributed by atoms with E-state index < -0.39 is 4.92 Å². The first-order chi connectivity index (χ1) is 6.56. The highest BCUT2D eigenvalue weighted by molar-refractivity contribution is 9.10. The third kappa shape index (κ3) is 2.20. The number of rotatable bonds is 3. The molecule has 6 heteroatoms. The van der Waals surface area contributed by atoms with Gasteiger partial charge in [0.2, 0.25) is 0 Å². The molecule has 1 aromatic heterocycles. The molecular formula is C8H9BrN2O3. The lowest BCUT2D eigenvalue weighted by Gasteiger charge is -2.03. The van der Waals surface area contributed by atoms with Crippen molar-refractivity contribution in [2.75, 3.05) is 0 Å². The van der Waals surface area contributed by atoms with E-state index >= 15 is 0 Å². The summed E-state index contributed by atoms with van der Waals surface area (Å²) in [6.45, 7) is 2.39. The second kappa shape index (κ2) is 4.36. The summed E-state index contributed by atoms with van der Waals surface area (Å²) in [7, 11) is 0. The highest BCUT2D eigenvalue weighted by Gasteiger charge is 2.11. The maximum absolute atomic E-state index is 11.4. The van der Waals surface area contributed by atoms with Gasteiger partial charge in [-0.05, 0) is 22.4 Å². The fourth-order valence-corrected chi connectivity index (χ4v) is 1.55. The van der Waals surface area contributed by atoms with Gasteiger partial charge in [0.1, 0.15) is 0 Å². The van der Waals surface area contributed by atoms with Crippen LogP contribution in [0.3, 0.4) is 0 Å². The molecule has 0 aromatic carbocycles. The molecule has 0 atom stereocenters. The Morgan fingerprint density at radius 1 is 1.64 bits per heavy atom. The van der Waals surface area contributed by atoms with Crippen molar-refractivity contribution in [3.63, 3.8) is 0 Å². The number of nitrogens with zero attached hydrogens (tertiary/aromatic N) is 2. The third-order valence-electron chi connectivity index (χ3n) is 1.70. The second-order valence-electron chi connectivity index (χ2n) is 2.80. The van der Waals surface area contributed by atoms with Gasteiger partial charge in [-0.2, -0.15) is 0 Å². The minimum atomic E-state index is -0.518. The van der Waals surface area contributed by atoms with Crippen molar-refractivity contribution in [1.82, 2.24) is 4.57 Å². The molecule has 0 saturated carbocycles. The van der Waals surface area contributed by atoms with Gasteiger partial charge in [0.15, 0.2) is 0 Å². The molecule has 1 heterocycles. The summed E-state index contributed by atoms with van der Waals surface area (Å²) in [5, 5.41) is 10.5. The number of aromatic nitrogens is 1. The van der Waals surface area contributed by atoms with Crippen molar-refractivity contribution in [1.29, 1.82) is 0 Å². The van der Waals surface area contributed by atoms with Crippen LogP contribution in [0.25, 0.3) is 0 Å². The first kappa shape index (κ1) is 10.9. The van der Waals surface area contributed by atoms with Crippen LogP contribution in [-0.2, 0) is 6.54 Å². The van der Waals surface area contributed by atoms with Gasteiger partial charge in [0.05, 0.1) is 15.6 Å². The fourth-order valence-electron chi connectivity index (χ4n) is 1.09. The zero-order valence-electron chi connectivity index (χ0n) is 7.57. The molecule has 0 saturated heterocycles. The van der Waals surface area contributed by atoms with Crippen LogP contribution >= 0.6 is 15.9 Å². The van der Waals surface area contributed by atoms with E-state index in [0.717, 1.165) is 6.42 Å². The van der Waals surface area contributed by atoms with Crippen LogP contribution in [0.1, 0.15) is 13.3 Å². The normalized spacial score (nSPS) is 10.1. The molecular weight excluding hydrogens is 252 g/mol. The van der Waals surface area contributed by atoms with E-state index in [-0.39, 0.29) is 15.7 Å². The molecule has 0 fully saturated rings. The lowest BCUT2D eigenvalue weighted by atomic mass is 10.4. The molecule has 0 radical (unpaired) electrons. The summed E-state index contributed by atoms with van der Waals surface area (Å²) < 4.78 is 1.56. The van der Waals surface area contributed by atoms with Crippen molar-refractivity contribution < 1.29 is 4.92 Å². The van der Waals surface area contributed by atoms with Crippen molar-refractivity contribution in [3.05, 3.63) is 37.2 Å². The molecule has 0 aliphatic carbocycles. The zero-order valence-corrected chi connectivity index (χ0v) is 9.15. The Kier molecular flexibility index (Phi) is 3.40. The monoisotopic (exact) mass is 260 g/mol. The van der Waals surface area contributed by atoms with Gasteiger partial charge in [0.25, 0.3) is 11.2 Å². The molecule has 0 aliphatic rings. The van der Waals surface area contributed by atoms with Gasteiger partial charge < -0.3 is 4.57 Å². The Bertz CT molecular complexity index is 414. The standard InChI is InChI=1S/C8H9BrN2O3/c1-2-3-10-5-6(11(13)14)4-7(9)8(10)12/h4-5H,2-3H2,1H3. The number of halogens is 1. The van der Waals surface area contributed by atoms with E-state index in [2.05, 4.69) is 15.9 Å². The number of hydrogen-bond donors (Lipinski definition) is 0. The molecule has 0 unspecified atom stereocenters. The average molecular weight is 261 g/mol. The summed E-state index contributed by atoms with van der Waals surface area (Å²) in [5.74, 6) is 0. The topological polar surface area (TPSA) is 65.1 Å². The summed E-state index contributed by atoms with van der Waals surface area (Å²) in [5.41, 5.74) is -0.317. The Morgan fingerprint density at radius 3 is 2.79 bits per heavy atom. The first-order valence-corrected chi connectivity index (χ1v) is 4.90. The quantitative estimate of drug-likeness (QED) is 0.616. The number of hydrogen-bond acceptors (Lipinski definition) is 3. The van der Waals surface area contributed by atoms with Crippen molar-refractivity contribution in [2.45, 2.75) is 19.9 Å². The minimum absolute atomic E-state index is 0.0788. The van der Waals surface area contributed by atoms with E-state index in [1.54, 1.807) is 0 Å². The van der Waals surface area contributed by atoms with Gasteiger partial charge in [-0.15, -0.1) is 0 Å². The highest BCUT2D eigenvalue weighted by Crippen LogP contribution is 2.14. The van der Waals surface area contributed by atoms with Crippen LogP contribution in [-0.4, -0.2) is 9.49 Å². The highest BCUT2D eigenvalue weighted by atomic mass is 79.9. The average Bonchev–Trinajstić information content (AvgIpc) is 2.12. The molecule has 0 spiro atoms. The third-order valence-corrected chi connectivity index (χ3v) is 2.27. The van der Waals surface area contributed by atoms with E-state index in [4.69, 9.17) is 0 Å². The predicted molar refractivity (Wildman–Crippen MR) is 55.3 cm³/mol. The Morgan fingerprint density at radius 2 is 2.29 bits per heavy atom. The van der Waals surface area contributed by atoms with Gasteiger partial charge in [-0.3, -0.25) is 14.9 Å². The van der Waals surface area contributed by atoms with E-state index in [9.17, 15) is 14.9 Å². The Balaban J connectivity index is 3.28. The van der Waals surface area contributed by atoms with Gasteiger partial charge in [-0.1, -0.05) is 6.92 Å². The number of nitro groups is 1. The Hall–Kier alpha value is -1.17. The molecule has 1 rings (SSSR count). The molecule has 0 N–H and O–H groups in total. The van der Waals surface area contributed by atoms with Crippen LogP contribution in [0.2, 0.25) is 0 Å². The van der Waals surface area contributed by atoms with Crippen molar-refractivity contribution in [2.24, 2.45) is 0 Å². The summed E-state index contributed by atoms with van der Waals surface area (Å²) >= 11 is 3.00. The van der Waals surface area contributed by atoms with Gasteiger partial charge >= 0.3 is 0 Å². The number of aryl methyl sites for hydroxylation is 1. The number of pyridine rings is 1. The maximum Gasteiger partial charge on any atom is 0.286 e. The van der Waals surface area contributed by atoms with E-state index in [1.165, 1.54) is 16.8 Å². The maximum atomic E-state index is 11.4. The van der Waals surface area contributed by atoms with E-state index in [0.29, 0.717) is 6.54 Å². The molecule has 14 heavy (non-hydrogen) atoms. The fraction of sp³-hybridized carbons (Fsp3) is 0.375. The SMILES string of the molecule is CCCn1cc([N+](=O)[O-])cc(Br)c1=O. The zero-order chi connectivity index (χ0) is 10.7. The summed E-state index contributed by atoms with van der Waals surface area (Å²) in [6.07, 6.45) is 2.02. The van der Waals surface area contributed by atoms with Crippen molar-refractivity contribution in [3.8, 4) is 0 Å². The molecule has 0 aliphatic heterocycles. The summed E-state index contributed by atoms with van der Waals surface area (Å²) in [6, 6.07) is 1.22. The lowest BCUT2D eigenvalue weighted by Crippen LogP contribution is -2.20. The largest absolute Gasteiger partial charge is 0.308 e. The smallest absolute Gasteiger partial charge is 0.286 e. The Labute approximate surface area is 88.6 Å². The van der Waals surface area contributed by atoms with Crippen molar-refractivity contribution >= 4 is 21.6 Å². The van der Waals surface area contributed by atoms with Crippen LogP contribution < -0.4 is 5.56 Å². The second-order valence-corrected chi connectivity index (χ2v) is 3.66. The van der Waals surface area contributed by atoms with E-state index in [1.807, 2.05) is 6.92 Å². The van der Waals surface area contributed by atoms with Gasteiger partial charge in [0, 0.05) is 12.6 Å². The summed E-state index contributed by atoms with van der Waals surface area (Å²) in [4.78, 5) is 21.4. The lowest BCUT2D eigenvalue weighted by molar-refractivity contribution is -0.385. The molecule has 0 amide bonds. The molecule has 0 bridgehead atoms. The molecule has 76 valence electrons. The van der Waals surface area contributed by atoms with Crippen LogP contribution in [0.15, 0.2) is 21.5 Å². The van der Waals surface area contributed by atoms with Crippen LogP contribution in [0.5, 0.6) is 0 Å². The van der Waals surface area contributed by atoms with Crippen LogP contribution in [0, 0.1) is 10.1 Å². The van der Waals surface area contributed by atoms with Crippen LogP contribution in [0.4, 0.5) is 5.69 Å². The minimum Gasteiger partial charge on any atom is -0.308 e. The van der Waals surface area contributed by atoms with Gasteiger partial charge in [-0.25, -0.2) is 0 Å². The molecule has 5 nitrogen and oxygen atoms in total. The predicted octanol–water partition coefficient (Wildman–Crippen LogP) is 1.93.